The summed E-state index contributed by atoms with van der Waals surface area (Å²) in [5.41, 5.74) is 3.45. The molecule has 0 N–H and O–H groups in total. The Kier molecular flexibility index (Phi) is 14.4. The molecule has 1 aromatic heterocycles. The fourth-order valence-corrected chi connectivity index (χ4v) is 1.64. The average molecular weight is 276 g/mol. The highest BCUT2D eigenvalue weighted by Gasteiger charge is 2.05. The Morgan fingerprint density at radius 1 is 1.30 bits per heavy atom. The van der Waals surface area contributed by atoms with Crippen molar-refractivity contribution in [3.63, 3.8) is 0 Å². The molecule has 0 aliphatic carbocycles. The molecule has 0 saturated heterocycles. The Bertz CT molecular complexity index is 409. The minimum absolute atomic E-state index is 1.03. The highest BCUT2D eigenvalue weighted by Crippen LogP contribution is 2.16. The Hall–Kier alpha value is -1.57. The van der Waals surface area contributed by atoms with Crippen molar-refractivity contribution in [2.24, 2.45) is 7.05 Å². The zero-order valence-corrected chi connectivity index (χ0v) is 14.4. The summed E-state index contributed by atoms with van der Waals surface area (Å²) in [4.78, 5) is 0. The summed E-state index contributed by atoms with van der Waals surface area (Å²) in [6.07, 6.45) is 10.0. The van der Waals surface area contributed by atoms with Gasteiger partial charge in [0.25, 0.3) is 0 Å². The van der Waals surface area contributed by atoms with Crippen molar-refractivity contribution in [1.82, 2.24) is 9.78 Å². The molecule has 2 nitrogen and oxygen atoms in total. The molecule has 20 heavy (non-hydrogen) atoms. The maximum absolute atomic E-state index is 4.52. The van der Waals surface area contributed by atoms with Gasteiger partial charge in [0.05, 0.1) is 5.69 Å². The smallest absolute Gasteiger partial charge is 0.0922 e. The van der Waals surface area contributed by atoms with Crippen molar-refractivity contribution in [2.45, 2.75) is 54.4 Å². The number of hydrogen-bond acceptors (Lipinski definition) is 1. The van der Waals surface area contributed by atoms with E-state index in [1.807, 2.05) is 58.5 Å². The predicted octanol–water partition coefficient (Wildman–Crippen LogP) is 5.57. The first kappa shape index (κ1) is 20.7. The van der Waals surface area contributed by atoms with Crippen molar-refractivity contribution < 1.29 is 0 Å². The number of rotatable bonds is 5. The number of aromatic nitrogens is 2. The molecule has 0 amide bonds. The molecule has 1 rings (SSSR count). The third-order valence-corrected chi connectivity index (χ3v) is 2.50. The van der Waals surface area contributed by atoms with Crippen LogP contribution in [-0.4, -0.2) is 9.78 Å². The average Bonchev–Trinajstić information content (AvgIpc) is 2.86. The SMILES string of the molecule is C=C/C=C\C(=C/C)c1cc(CCC)n(C)n1.CC.CC. The second-order valence-electron chi connectivity index (χ2n) is 3.73. The van der Waals surface area contributed by atoms with Gasteiger partial charge in [-0.15, -0.1) is 0 Å². The molecule has 0 aliphatic heterocycles. The first-order valence-electron chi connectivity index (χ1n) is 7.71. The van der Waals surface area contributed by atoms with Crippen molar-refractivity contribution in [3.8, 4) is 0 Å². The molecular weight excluding hydrogens is 244 g/mol. The second-order valence-corrected chi connectivity index (χ2v) is 3.73. The zero-order chi connectivity index (χ0) is 16.0. The molecular formula is C18H32N2. The minimum Gasteiger partial charge on any atom is -0.272 e. The molecule has 0 spiro atoms. The maximum atomic E-state index is 4.52. The van der Waals surface area contributed by atoms with Crippen molar-refractivity contribution in [1.29, 1.82) is 0 Å². The molecule has 0 radical (unpaired) electrons. The molecule has 2 heteroatoms. The van der Waals surface area contributed by atoms with Crippen LogP contribution in [0.3, 0.4) is 0 Å². The molecule has 1 aromatic rings. The monoisotopic (exact) mass is 276 g/mol. The number of aryl methyl sites for hydroxylation is 2. The summed E-state index contributed by atoms with van der Waals surface area (Å²) >= 11 is 0. The zero-order valence-electron chi connectivity index (χ0n) is 14.4. The number of allylic oxidation sites excluding steroid dienone is 5. The highest BCUT2D eigenvalue weighted by molar-refractivity contribution is 5.71. The van der Waals surface area contributed by atoms with E-state index < -0.39 is 0 Å². The third-order valence-electron chi connectivity index (χ3n) is 2.50. The quantitative estimate of drug-likeness (QED) is 0.643. The van der Waals surface area contributed by atoms with Gasteiger partial charge in [0.1, 0.15) is 0 Å². The van der Waals surface area contributed by atoms with Crippen LogP contribution in [0.2, 0.25) is 0 Å². The summed E-state index contributed by atoms with van der Waals surface area (Å²) < 4.78 is 1.96. The second kappa shape index (κ2) is 13.9. The van der Waals surface area contributed by atoms with Crippen LogP contribution in [0.25, 0.3) is 5.57 Å². The van der Waals surface area contributed by atoms with E-state index in [9.17, 15) is 0 Å². The summed E-state index contributed by atoms with van der Waals surface area (Å²) in [6.45, 7) is 15.9. The fraction of sp³-hybridized carbons (Fsp3) is 0.500. The largest absolute Gasteiger partial charge is 0.272 e. The lowest BCUT2D eigenvalue weighted by Crippen LogP contribution is -1.97. The molecule has 0 aromatic carbocycles. The fourth-order valence-electron chi connectivity index (χ4n) is 1.64. The van der Waals surface area contributed by atoms with Crippen LogP contribution in [0.4, 0.5) is 0 Å². The molecule has 0 bridgehead atoms. The number of hydrogen-bond donors (Lipinski definition) is 0. The van der Waals surface area contributed by atoms with Gasteiger partial charge in [-0.05, 0) is 25.0 Å². The molecule has 0 aliphatic rings. The van der Waals surface area contributed by atoms with E-state index in [4.69, 9.17) is 0 Å². The van der Waals surface area contributed by atoms with Crippen LogP contribution in [0.1, 0.15) is 59.4 Å². The molecule has 114 valence electrons. The van der Waals surface area contributed by atoms with Crippen LogP contribution in [0.5, 0.6) is 0 Å². The van der Waals surface area contributed by atoms with E-state index in [2.05, 4.69) is 30.7 Å². The standard InChI is InChI=1S/C14H20N2.2C2H6/c1-5-8-10-12(7-3)14-11-13(9-6-2)16(4)15-14;2*1-2/h5,7-8,10-11H,1,6,9H2,2-4H3;2*1-2H3/b10-8-,12-7+;;. The summed E-state index contributed by atoms with van der Waals surface area (Å²) in [5, 5.41) is 4.52. The van der Waals surface area contributed by atoms with Gasteiger partial charge in [-0.3, -0.25) is 4.68 Å². The Morgan fingerprint density at radius 2 is 1.90 bits per heavy atom. The van der Waals surface area contributed by atoms with Crippen LogP contribution in [0.15, 0.2) is 36.9 Å². The van der Waals surface area contributed by atoms with Crippen molar-refractivity contribution in [2.75, 3.05) is 0 Å². The van der Waals surface area contributed by atoms with E-state index in [1.54, 1.807) is 6.08 Å². The summed E-state index contributed by atoms with van der Waals surface area (Å²) in [5.74, 6) is 0. The highest BCUT2D eigenvalue weighted by atomic mass is 15.3. The van der Waals surface area contributed by atoms with Crippen molar-refractivity contribution in [3.05, 3.63) is 48.3 Å². The first-order valence-corrected chi connectivity index (χ1v) is 7.71. The van der Waals surface area contributed by atoms with Gasteiger partial charge in [-0.25, -0.2) is 0 Å². The Balaban J connectivity index is 0. The van der Waals surface area contributed by atoms with E-state index in [0.717, 1.165) is 24.1 Å². The third kappa shape index (κ3) is 7.13. The topological polar surface area (TPSA) is 17.8 Å². The van der Waals surface area contributed by atoms with Gasteiger partial charge in [0.15, 0.2) is 0 Å². The lowest BCUT2D eigenvalue weighted by atomic mass is 10.1. The lowest BCUT2D eigenvalue weighted by molar-refractivity contribution is 0.696. The van der Waals surface area contributed by atoms with E-state index in [-0.39, 0.29) is 0 Å². The number of nitrogens with zero attached hydrogens (tertiary/aromatic N) is 2. The minimum atomic E-state index is 1.03. The first-order chi connectivity index (χ1) is 9.72. The van der Waals surface area contributed by atoms with Crippen LogP contribution >= 0.6 is 0 Å². The maximum Gasteiger partial charge on any atom is 0.0922 e. The normalized spacial score (nSPS) is 10.4. The van der Waals surface area contributed by atoms with E-state index in [1.165, 1.54) is 5.69 Å². The van der Waals surface area contributed by atoms with Gasteiger partial charge in [0, 0.05) is 12.7 Å². The van der Waals surface area contributed by atoms with Crippen LogP contribution in [-0.2, 0) is 13.5 Å². The Morgan fingerprint density at radius 3 is 2.35 bits per heavy atom. The van der Waals surface area contributed by atoms with Gasteiger partial charge in [-0.1, -0.05) is 71.9 Å². The predicted molar refractivity (Wildman–Crippen MR) is 92.9 cm³/mol. The molecule has 0 unspecified atom stereocenters. The van der Waals surface area contributed by atoms with E-state index >= 15 is 0 Å². The van der Waals surface area contributed by atoms with Gasteiger partial charge >= 0.3 is 0 Å². The van der Waals surface area contributed by atoms with Crippen molar-refractivity contribution >= 4 is 5.57 Å². The van der Waals surface area contributed by atoms with Crippen LogP contribution in [0, 0.1) is 0 Å². The summed E-state index contributed by atoms with van der Waals surface area (Å²) in [7, 11) is 2.00. The summed E-state index contributed by atoms with van der Waals surface area (Å²) in [6, 6.07) is 2.16. The molecule has 1 heterocycles. The molecule has 0 atom stereocenters. The van der Waals surface area contributed by atoms with Crippen LogP contribution < -0.4 is 0 Å². The Labute approximate surface area is 125 Å². The van der Waals surface area contributed by atoms with Gasteiger partial charge in [-0.2, -0.15) is 5.10 Å². The van der Waals surface area contributed by atoms with E-state index in [0.29, 0.717) is 0 Å². The molecule has 0 saturated carbocycles. The van der Waals surface area contributed by atoms with Gasteiger partial charge < -0.3 is 0 Å². The lowest BCUT2D eigenvalue weighted by Gasteiger charge is -1.96. The van der Waals surface area contributed by atoms with Gasteiger partial charge in [0.2, 0.25) is 0 Å². The molecule has 0 fully saturated rings.